The van der Waals surface area contributed by atoms with Gasteiger partial charge in [-0.3, -0.25) is 4.79 Å². The molecule has 1 saturated heterocycles. The first-order valence-corrected chi connectivity index (χ1v) is 11.4. The van der Waals surface area contributed by atoms with E-state index in [1.165, 1.54) is 5.56 Å². The Kier molecular flexibility index (Phi) is 6.24. The molecule has 1 fully saturated rings. The van der Waals surface area contributed by atoms with Crippen molar-refractivity contribution in [1.29, 1.82) is 0 Å². The molecule has 2 aromatic rings. The summed E-state index contributed by atoms with van der Waals surface area (Å²) in [5.74, 6) is 1.55. The standard InChI is InChI=1S/C26H33NO4/c1-4-30-24-17-20-7-5-6-8-23(20)31-26(24)11-13-27(14-12-26)25(29)21-10-9-19(15-18(2)3)22(28)16-21/h5-10,16,18,24,28H,4,11-15,17H2,1-3H3. The van der Waals surface area contributed by atoms with E-state index in [0.717, 1.165) is 37.0 Å². The van der Waals surface area contributed by atoms with E-state index < -0.39 is 5.60 Å². The molecule has 0 radical (unpaired) electrons. The number of phenols is 1. The van der Waals surface area contributed by atoms with Gasteiger partial charge in [-0.15, -0.1) is 0 Å². The van der Waals surface area contributed by atoms with E-state index in [2.05, 4.69) is 19.9 Å². The summed E-state index contributed by atoms with van der Waals surface area (Å²) < 4.78 is 12.6. The number of piperidine rings is 1. The number of carbonyl (C=O) groups excluding carboxylic acids is 1. The van der Waals surface area contributed by atoms with Gasteiger partial charge in [-0.05, 0) is 48.6 Å². The number of carbonyl (C=O) groups is 1. The van der Waals surface area contributed by atoms with Gasteiger partial charge in [0.05, 0.1) is 0 Å². The number of phenolic OH excluding ortho intramolecular Hbond substituents is 1. The van der Waals surface area contributed by atoms with Crippen LogP contribution in [0.15, 0.2) is 42.5 Å². The number of aromatic hydroxyl groups is 1. The lowest BCUT2D eigenvalue weighted by molar-refractivity contribution is -0.123. The van der Waals surface area contributed by atoms with Gasteiger partial charge in [-0.1, -0.05) is 38.1 Å². The normalized spacial score (nSPS) is 19.9. The molecular weight excluding hydrogens is 390 g/mol. The van der Waals surface area contributed by atoms with Crippen molar-refractivity contribution in [3.63, 3.8) is 0 Å². The SMILES string of the molecule is CCOC1Cc2ccccc2OC12CCN(C(=O)c1ccc(CC(C)C)c(O)c1)CC2. The van der Waals surface area contributed by atoms with Crippen molar-refractivity contribution < 1.29 is 19.4 Å². The summed E-state index contributed by atoms with van der Waals surface area (Å²) in [5.41, 5.74) is 2.21. The molecule has 1 spiro atoms. The lowest BCUT2D eigenvalue weighted by Gasteiger charge is -2.48. The second-order valence-electron chi connectivity index (χ2n) is 9.16. The zero-order valence-corrected chi connectivity index (χ0v) is 18.8. The van der Waals surface area contributed by atoms with Crippen LogP contribution in [0.2, 0.25) is 0 Å². The summed E-state index contributed by atoms with van der Waals surface area (Å²) in [6, 6.07) is 13.5. The molecule has 1 atom stereocenters. The fourth-order valence-electron chi connectivity index (χ4n) is 4.86. The van der Waals surface area contributed by atoms with Crippen molar-refractivity contribution in [2.24, 2.45) is 5.92 Å². The third-order valence-corrected chi connectivity index (χ3v) is 6.50. The molecule has 1 amide bonds. The zero-order valence-electron chi connectivity index (χ0n) is 18.8. The fraction of sp³-hybridized carbons (Fsp3) is 0.500. The molecule has 4 rings (SSSR count). The van der Waals surface area contributed by atoms with Crippen molar-refractivity contribution >= 4 is 5.91 Å². The number of para-hydroxylation sites is 1. The minimum Gasteiger partial charge on any atom is -0.508 e. The summed E-state index contributed by atoms with van der Waals surface area (Å²) in [4.78, 5) is 15.0. The van der Waals surface area contributed by atoms with E-state index in [4.69, 9.17) is 9.47 Å². The first-order chi connectivity index (χ1) is 14.9. The van der Waals surface area contributed by atoms with Crippen LogP contribution in [0.5, 0.6) is 11.5 Å². The summed E-state index contributed by atoms with van der Waals surface area (Å²) in [5, 5.41) is 10.4. The second-order valence-corrected chi connectivity index (χ2v) is 9.16. The molecule has 2 aliphatic rings. The number of nitrogens with zero attached hydrogens (tertiary/aromatic N) is 1. The van der Waals surface area contributed by atoms with Crippen LogP contribution < -0.4 is 4.74 Å². The maximum Gasteiger partial charge on any atom is 0.253 e. The minimum absolute atomic E-state index is 0.0102. The molecule has 31 heavy (non-hydrogen) atoms. The van der Waals surface area contributed by atoms with Gasteiger partial charge >= 0.3 is 0 Å². The molecule has 0 aliphatic carbocycles. The monoisotopic (exact) mass is 423 g/mol. The van der Waals surface area contributed by atoms with Crippen molar-refractivity contribution in [3.8, 4) is 11.5 Å². The summed E-state index contributed by atoms with van der Waals surface area (Å²) >= 11 is 0. The number of rotatable bonds is 5. The van der Waals surface area contributed by atoms with E-state index in [1.807, 2.05) is 42.2 Å². The second kappa shape index (κ2) is 8.91. The van der Waals surface area contributed by atoms with Gasteiger partial charge in [-0.2, -0.15) is 0 Å². The number of amides is 1. The van der Waals surface area contributed by atoms with Crippen LogP contribution >= 0.6 is 0 Å². The molecule has 2 aliphatic heterocycles. The van der Waals surface area contributed by atoms with Crippen molar-refractivity contribution in [2.45, 2.75) is 58.2 Å². The highest BCUT2D eigenvalue weighted by Gasteiger charge is 2.48. The molecule has 5 nitrogen and oxygen atoms in total. The quantitative estimate of drug-likeness (QED) is 0.763. The van der Waals surface area contributed by atoms with Gasteiger partial charge in [-0.25, -0.2) is 0 Å². The van der Waals surface area contributed by atoms with Crippen molar-refractivity contribution in [2.75, 3.05) is 19.7 Å². The average molecular weight is 424 g/mol. The van der Waals surface area contributed by atoms with Gasteiger partial charge < -0.3 is 19.5 Å². The number of fused-ring (bicyclic) bond motifs is 1. The number of hydrogen-bond acceptors (Lipinski definition) is 4. The van der Waals surface area contributed by atoms with Crippen molar-refractivity contribution in [1.82, 2.24) is 4.90 Å². The highest BCUT2D eigenvalue weighted by atomic mass is 16.6. The number of benzene rings is 2. The van der Waals surface area contributed by atoms with Crippen molar-refractivity contribution in [3.05, 3.63) is 59.2 Å². The molecule has 1 unspecified atom stereocenters. The first-order valence-electron chi connectivity index (χ1n) is 11.4. The lowest BCUT2D eigenvalue weighted by Crippen LogP contribution is -2.59. The van der Waals surface area contributed by atoms with Gasteiger partial charge in [0.1, 0.15) is 23.2 Å². The Morgan fingerprint density at radius 1 is 1.23 bits per heavy atom. The predicted molar refractivity (Wildman–Crippen MR) is 121 cm³/mol. The molecule has 0 bridgehead atoms. The summed E-state index contributed by atoms with van der Waals surface area (Å²) in [6.07, 6.45) is 3.08. The minimum atomic E-state index is -0.398. The van der Waals surface area contributed by atoms with Gasteiger partial charge in [0.15, 0.2) is 0 Å². The maximum absolute atomic E-state index is 13.1. The third-order valence-electron chi connectivity index (χ3n) is 6.50. The molecule has 1 N–H and O–H groups in total. The van der Waals surface area contributed by atoms with Crippen LogP contribution in [-0.4, -0.2) is 47.3 Å². The zero-order chi connectivity index (χ0) is 22.0. The Bertz CT molecular complexity index is 931. The number of likely N-dealkylation sites (tertiary alicyclic amines) is 1. The van der Waals surface area contributed by atoms with E-state index in [0.29, 0.717) is 31.2 Å². The summed E-state index contributed by atoms with van der Waals surface area (Å²) in [7, 11) is 0. The van der Waals surface area contributed by atoms with Crippen LogP contribution in [-0.2, 0) is 17.6 Å². The Hall–Kier alpha value is -2.53. The van der Waals surface area contributed by atoms with Crippen LogP contribution in [0, 0.1) is 5.92 Å². The van der Waals surface area contributed by atoms with E-state index in [1.54, 1.807) is 6.07 Å². The Labute approximate surface area is 185 Å². The van der Waals surface area contributed by atoms with E-state index >= 15 is 0 Å². The Morgan fingerprint density at radius 2 is 1.97 bits per heavy atom. The van der Waals surface area contributed by atoms with Crippen LogP contribution in [0.25, 0.3) is 0 Å². The van der Waals surface area contributed by atoms with Crippen LogP contribution in [0.3, 0.4) is 0 Å². The Morgan fingerprint density at radius 3 is 2.65 bits per heavy atom. The topological polar surface area (TPSA) is 59.0 Å². The van der Waals surface area contributed by atoms with E-state index in [9.17, 15) is 9.90 Å². The molecule has 0 saturated carbocycles. The smallest absolute Gasteiger partial charge is 0.253 e. The van der Waals surface area contributed by atoms with Gasteiger partial charge in [0.2, 0.25) is 0 Å². The maximum atomic E-state index is 13.1. The molecule has 2 aromatic carbocycles. The summed E-state index contributed by atoms with van der Waals surface area (Å²) in [6.45, 7) is 8.11. The molecule has 0 aromatic heterocycles. The average Bonchev–Trinajstić information content (AvgIpc) is 2.76. The fourth-order valence-corrected chi connectivity index (χ4v) is 4.86. The van der Waals surface area contributed by atoms with Crippen LogP contribution in [0.4, 0.5) is 0 Å². The third kappa shape index (κ3) is 4.42. The largest absolute Gasteiger partial charge is 0.508 e. The van der Waals surface area contributed by atoms with Gasteiger partial charge in [0.25, 0.3) is 5.91 Å². The first kappa shape index (κ1) is 21.7. The molecular formula is C26H33NO4. The molecule has 2 heterocycles. The lowest BCUT2D eigenvalue weighted by atomic mass is 9.80. The van der Waals surface area contributed by atoms with E-state index in [-0.39, 0.29) is 17.8 Å². The highest BCUT2D eigenvalue weighted by Crippen LogP contribution is 2.41. The van der Waals surface area contributed by atoms with Crippen LogP contribution in [0.1, 0.15) is 55.1 Å². The van der Waals surface area contributed by atoms with Gasteiger partial charge in [0, 0.05) is 44.5 Å². The predicted octanol–water partition coefficient (Wildman–Crippen LogP) is 4.61. The molecule has 5 heteroatoms. The Balaban J connectivity index is 1.47. The number of ether oxygens (including phenoxy) is 2. The highest BCUT2D eigenvalue weighted by molar-refractivity contribution is 5.94. The number of hydrogen-bond donors (Lipinski definition) is 1. The molecule has 166 valence electrons.